The molecule has 100 valence electrons. The van der Waals surface area contributed by atoms with Gasteiger partial charge < -0.3 is 5.73 Å². The number of rotatable bonds is 4. The minimum absolute atomic E-state index is 0.513. The predicted octanol–water partition coefficient (Wildman–Crippen LogP) is 2.87. The molecule has 0 aromatic carbocycles. The minimum atomic E-state index is 0.513. The molecule has 2 heteroatoms. The molecule has 0 radical (unpaired) electrons. The van der Waals surface area contributed by atoms with Gasteiger partial charge in [0, 0.05) is 18.6 Å². The fraction of sp³-hybridized carbons (Fsp3) is 1.00. The lowest BCUT2D eigenvalue weighted by atomic mass is 9.70. The van der Waals surface area contributed by atoms with Gasteiger partial charge in [-0.2, -0.15) is 0 Å². The van der Waals surface area contributed by atoms with E-state index in [1.165, 1.54) is 32.1 Å². The molecule has 2 aliphatic carbocycles. The summed E-state index contributed by atoms with van der Waals surface area (Å²) in [5, 5.41) is 0. The summed E-state index contributed by atoms with van der Waals surface area (Å²) in [7, 11) is 2.31. The van der Waals surface area contributed by atoms with E-state index in [1.54, 1.807) is 0 Å². The van der Waals surface area contributed by atoms with Gasteiger partial charge in [-0.25, -0.2) is 0 Å². The number of nitrogens with zero attached hydrogens (tertiary/aromatic N) is 1. The molecule has 2 nitrogen and oxygen atoms in total. The van der Waals surface area contributed by atoms with Gasteiger partial charge in [-0.3, -0.25) is 4.90 Å². The molecule has 17 heavy (non-hydrogen) atoms. The van der Waals surface area contributed by atoms with Crippen molar-refractivity contribution < 1.29 is 0 Å². The van der Waals surface area contributed by atoms with Crippen LogP contribution in [0, 0.1) is 17.3 Å². The lowest BCUT2D eigenvalue weighted by molar-refractivity contribution is 0.0532. The Labute approximate surface area is 107 Å². The van der Waals surface area contributed by atoms with E-state index in [-0.39, 0.29) is 0 Å². The van der Waals surface area contributed by atoms with Crippen LogP contribution in [-0.2, 0) is 0 Å². The van der Waals surface area contributed by atoms with Gasteiger partial charge in [-0.05, 0) is 56.4 Å². The van der Waals surface area contributed by atoms with Crippen molar-refractivity contribution in [3.05, 3.63) is 0 Å². The quantitative estimate of drug-likeness (QED) is 0.816. The maximum atomic E-state index is 5.98. The van der Waals surface area contributed by atoms with Gasteiger partial charge in [-0.1, -0.05) is 20.8 Å². The van der Waals surface area contributed by atoms with Crippen LogP contribution in [0.5, 0.6) is 0 Å². The highest BCUT2D eigenvalue weighted by Gasteiger charge is 2.39. The Morgan fingerprint density at radius 2 is 1.94 bits per heavy atom. The molecule has 2 rings (SSSR count). The smallest absolute Gasteiger partial charge is 0.0246 e. The maximum Gasteiger partial charge on any atom is 0.0246 e. The molecule has 2 aliphatic rings. The Hall–Kier alpha value is -0.0800. The van der Waals surface area contributed by atoms with Gasteiger partial charge in [0.2, 0.25) is 0 Å². The number of hydrogen-bond acceptors (Lipinski definition) is 2. The number of hydrogen-bond donors (Lipinski definition) is 1. The van der Waals surface area contributed by atoms with Gasteiger partial charge in [0.1, 0.15) is 0 Å². The molecule has 3 atom stereocenters. The zero-order chi connectivity index (χ0) is 12.6. The average Bonchev–Trinajstić information content (AvgIpc) is 2.99. The Morgan fingerprint density at radius 3 is 2.41 bits per heavy atom. The van der Waals surface area contributed by atoms with Crippen LogP contribution < -0.4 is 5.73 Å². The molecule has 0 aromatic heterocycles. The van der Waals surface area contributed by atoms with Crippen molar-refractivity contribution in [2.24, 2.45) is 23.0 Å². The molecule has 0 aliphatic heterocycles. The molecule has 0 spiro atoms. The summed E-state index contributed by atoms with van der Waals surface area (Å²) in [5.41, 5.74) is 6.50. The van der Waals surface area contributed by atoms with E-state index < -0.39 is 0 Å². The highest BCUT2D eigenvalue weighted by Crippen LogP contribution is 2.42. The first-order valence-electron chi connectivity index (χ1n) is 7.35. The first-order valence-corrected chi connectivity index (χ1v) is 7.35. The van der Waals surface area contributed by atoms with Gasteiger partial charge in [0.15, 0.2) is 0 Å². The Morgan fingerprint density at radius 1 is 1.29 bits per heavy atom. The summed E-state index contributed by atoms with van der Waals surface area (Å²) in [6.07, 6.45) is 6.89. The molecule has 0 heterocycles. The summed E-state index contributed by atoms with van der Waals surface area (Å²) in [5.74, 6) is 1.76. The van der Waals surface area contributed by atoms with Crippen LogP contribution in [-0.4, -0.2) is 30.6 Å². The summed E-state index contributed by atoms with van der Waals surface area (Å²) < 4.78 is 0. The lowest BCUT2D eigenvalue weighted by Gasteiger charge is -2.45. The number of nitrogens with two attached hydrogens (primary N) is 1. The first-order chi connectivity index (χ1) is 7.93. The molecular weight excluding hydrogens is 208 g/mol. The van der Waals surface area contributed by atoms with Gasteiger partial charge in [-0.15, -0.1) is 0 Å². The molecule has 2 fully saturated rings. The second kappa shape index (κ2) is 4.89. The molecular formula is C15H30N2. The van der Waals surface area contributed by atoms with Crippen LogP contribution >= 0.6 is 0 Å². The zero-order valence-corrected chi connectivity index (χ0v) is 12.1. The van der Waals surface area contributed by atoms with Crippen molar-refractivity contribution >= 4 is 0 Å². The van der Waals surface area contributed by atoms with E-state index in [1.807, 2.05) is 0 Å². The van der Waals surface area contributed by atoms with E-state index >= 15 is 0 Å². The van der Waals surface area contributed by atoms with Crippen molar-refractivity contribution in [2.75, 3.05) is 13.6 Å². The van der Waals surface area contributed by atoms with Crippen LogP contribution in [0.3, 0.4) is 0 Å². The maximum absolute atomic E-state index is 5.98. The normalized spacial score (nSPS) is 34.9. The largest absolute Gasteiger partial charge is 0.329 e. The third kappa shape index (κ3) is 3.23. The number of likely N-dealkylation sites (N-methyl/N-ethyl adjacent to an activating group) is 1. The van der Waals surface area contributed by atoms with Gasteiger partial charge in [0.05, 0.1) is 0 Å². The van der Waals surface area contributed by atoms with E-state index in [2.05, 4.69) is 32.7 Å². The second-order valence-corrected chi connectivity index (χ2v) is 7.37. The van der Waals surface area contributed by atoms with Crippen molar-refractivity contribution in [1.82, 2.24) is 4.90 Å². The van der Waals surface area contributed by atoms with E-state index in [4.69, 9.17) is 5.73 Å². The summed E-state index contributed by atoms with van der Waals surface area (Å²) in [6.45, 7) is 8.11. The van der Waals surface area contributed by atoms with Crippen molar-refractivity contribution in [3.8, 4) is 0 Å². The molecule has 0 saturated heterocycles. The zero-order valence-electron chi connectivity index (χ0n) is 12.1. The second-order valence-electron chi connectivity index (χ2n) is 7.37. The molecule has 0 amide bonds. The summed E-state index contributed by atoms with van der Waals surface area (Å²) in [4.78, 5) is 2.62. The third-order valence-corrected chi connectivity index (χ3v) is 4.87. The van der Waals surface area contributed by atoms with Crippen molar-refractivity contribution in [2.45, 2.75) is 65.0 Å². The van der Waals surface area contributed by atoms with E-state index in [9.17, 15) is 0 Å². The lowest BCUT2D eigenvalue weighted by Crippen LogP contribution is -2.49. The first kappa shape index (κ1) is 13.4. The highest BCUT2D eigenvalue weighted by atomic mass is 15.2. The molecule has 0 bridgehead atoms. The topological polar surface area (TPSA) is 29.3 Å². The van der Waals surface area contributed by atoms with Crippen LogP contribution in [0.2, 0.25) is 0 Å². The molecule has 2 N–H and O–H groups in total. The molecule has 3 unspecified atom stereocenters. The van der Waals surface area contributed by atoms with Crippen molar-refractivity contribution in [1.29, 1.82) is 0 Å². The van der Waals surface area contributed by atoms with Crippen molar-refractivity contribution in [3.63, 3.8) is 0 Å². The van der Waals surface area contributed by atoms with Crippen LogP contribution in [0.15, 0.2) is 0 Å². The molecule has 0 aromatic rings. The van der Waals surface area contributed by atoms with Gasteiger partial charge >= 0.3 is 0 Å². The predicted molar refractivity (Wildman–Crippen MR) is 73.9 cm³/mol. The minimum Gasteiger partial charge on any atom is -0.329 e. The summed E-state index contributed by atoms with van der Waals surface area (Å²) in [6, 6.07) is 1.39. The average molecular weight is 238 g/mol. The fourth-order valence-electron chi connectivity index (χ4n) is 4.05. The SMILES string of the molecule is CC1CC(N(C)C(CN)C2CC2)CC(C)(C)C1. The molecule has 2 saturated carbocycles. The standard InChI is InChI=1S/C15H30N2/c1-11-7-13(9-15(2,3)8-11)17(4)14(10-16)12-5-6-12/h11-14H,5-10,16H2,1-4H3. The van der Waals surface area contributed by atoms with E-state index in [0.717, 1.165) is 24.4 Å². The van der Waals surface area contributed by atoms with E-state index in [0.29, 0.717) is 11.5 Å². The van der Waals surface area contributed by atoms with Gasteiger partial charge in [0.25, 0.3) is 0 Å². The Balaban J connectivity index is 1.99. The Kier molecular flexibility index (Phi) is 3.84. The monoisotopic (exact) mass is 238 g/mol. The fourth-order valence-corrected chi connectivity index (χ4v) is 4.05. The summed E-state index contributed by atoms with van der Waals surface area (Å²) >= 11 is 0. The van der Waals surface area contributed by atoms with Crippen LogP contribution in [0.4, 0.5) is 0 Å². The highest BCUT2D eigenvalue weighted by molar-refractivity contribution is 4.94. The third-order valence-electron chi connectivity index (χ3n) is 4.87. The Bertz CT molecular complexity index is 258. The van der Waals surface area contributed by atoms with Crippen LogP contribution in [0.1, 0.15) is 52.9 Å². The van der Waals surface area contributed by atoms with Crippen LogP contribution in [0.25, 0.3) is 0 Å².